The van der Waals surface area contributed by atoms with Gasteiger partial charge in [-0.2, -0.15) is 0 Å². The highest BCUT2D eigenvalue weighted by atomic mass is 35.5. The number of carbonyl (C=O) groups excluding carboxylic acids is 1. The van der Waals surface area contributed by atoms with E-state index in [0.717, 1.165) is 5.56 Å². The summed E-state index contributed by atoms with van der Waals surface area (Å²) in [7, 11) is 0. The van der Waals surface area contributed by atoms with E-state index < -0.39 is 5.82 Å². The van der Waals surface area contributed by atoms with Crippen molar-refractivity contribution < 1.29 is 13.7 Å². The minimum atomic E-state index is -0.402. The summed E-state index contributed by atoms with van der Waals surface area (Å²) in [6.45, 7) is 3.80. The van der Waals surface area contributed by atoms with Gasteiger partial charge in [0.05, 0.1) is 12.1 Å². The molecule has 1 aromatic carbocycles. The molecule has 0 aliphatic heterocycles. The predicted molar refractivity (Wildman–Crippen MR) is 72.9 cm³/mol. The molecule has 0 unspecified atom stereocenters. The van der Waals surface area contributed by atoms with Crippen molar-refractivity contribution in [3.8, 4) is 0 Å². The van der Waals surface area contributed by atoms with Crippen LogP contribution >= 0.6 is 11.6 Å². The summed E-state index contributed by atoms with van der Waals surface area (Å²) in [5.74, 6) is 0.0676. The van der Waals surface area contributed by atoms with E-state index in [0.29, 0.717) is 22.0 Å². The topological polar surface area (TPSA) is 55.1 Å². The number of halogens is 2. The summed E-state index contributed by atoms with van der Waals surface area (Å²) in [6.07, 6.45) is 0.194. The quantitative estimate of drug-likeness (QED) is 0.944. The lowest BCUT2D eigenvalue weighted by molar-refractivity contribution is -0.120. The van der Waals surface area contributed by atoms with Crippen LogP contribution in [0.5, 0.6) is 0 Å². The van der Waals surface area contributed by atoms with Gasteiger partial charge in [-0.15, -0.1) is 0 Å². The van der Waals surface area contributed by atoms with Gasteiger partial charge in [-0.3, -0.25) is 4.79 Å². The zero-order valence-corrected chi connectivity index (χ0v) is 11.9. The number of hydrogen-bond donors (Lipinski definition) is 1. The zero-order chi connectivity index (χ0) is 14.7. The Morgan fingerprint density at radius 3 is 2.80 bits per heavy atom. The summed E-state index contributed by atoms with van der Waals surface area (Å²) in [5, 5.41) is 6.82. The maximum atomic E-state index is 12.9. The Hall–Kier alpha value is -1.88. The summed E-state index contributed by atoms with van der Waals surface area (Å²) < 4.78 is 17.9. The fourth-order valence-electron chi connectivity index (χ4n) is 1.84. The highest BCUT2D eigenvalue weighted by Crippen LogP contribution is 2.17. The van der Waals surface area contributed by atoms with Crippen molar-refractivity contribution in [2.75, 3.05) is 0 Å². The summed E-state index contributed by atoms with van der Waals surface area (Å²) >= 11 is 5.89. The second-order valence-electron chi connectivity index (χ2n) is 4.49. The predicted octanol–water partition coefficient (Wildman–Crippen LogP) is 2.94. The highest BCUT2D eigenvalue weighted by molar-refractivity contribution is 6.31. The number of aryl methyl sites for hydroxylation is 2. The van der Waals surface area contributed by atoms with E-state index >= 15 is 0 Å². The fraction of sp³-hybridized carbons (Fsp3) is 0.286. The average Bonchev–Trinajstić information content (AvgIpc) is 2.69. The standard InChI is InChI=1S/C14H14ClFN2O2/c1-8-12(9(2)20-18-8)6-14(19)17-7-10-3-4-11(16)5-13(10)15/h3-5H,6-7H2,1-2H3,(H,17,19). The van der Waals surface area contributed by atoms with Crippen LogP contribution in [0.25, 0.3) is 0 Å². The van der Waals surface area contributed by atoms with Crippen LogP contribution in [0.4, 0.5) is 4.39 Å². The number of rotatable bonds is 4. The van der Waals surface area contributed by atoms with E-state index in [9.17, 15) is 9.18 Å². The van der Waals surface area contributed by atoms with Gasteiger partial charge in [0.25, 0.3) is 0 Å². The molecule has 106 valence electrons. The van der Waals surface area contributed by atoms with Gasteiger partial charge in [-0.1, -0.05) is 22.8 Å². The molecule has 1 aromatic heterocycles. The SMILES string of the molecule is Cc1noc(C)c1CC(=O)NCc1ccc(F)cc1Cl. The van der Waals surface area contributed by atoms with Crippen LogP contribution in [0.2, 0.25) is 5.02 Å². The molecule has 4 nitrogen and oxygen atoms in total. The van der Waals surface area contributed by atoms with Crippen LogP contribution < -0.4 is 5.32 Å². The van der Waals surface area contributed by atoms with Crippen molar-refractivity contribution >= 4 is 17.5 Å². The van der Waals surface area contributed by atoms with E-state index in [1.807, 2.05) is 0 Å². The number of aromatic nitrogens is 1. The van der Waals surface area contributed by atoms with Crippen molar-refractivity contribution in [1.29, 1.82) is 0 Å². The monoisotopic (exact) mass is 296 g/mol. The molecule has 0 spiro atoms. The molecule has 0 aliphatic carbocycles. The molecule has 0 radical (unpaired) electrons. The highest BCUT2D eigenvalue weighted by Gasteiger charge is 2.13. The van der Waals surface area contributed by atoms with E-state index in [-0.39, 0.29) is 18.9 Å². The van der Waals surface area contributed by atoms with Crippen LogP contribution in [0.3, 0.4) is 0 Å². The van der Waals surface area contributed by atoms with Crippen molar-refractivity contribution in [2.24, 2.45) is 0 Å². The van der Waals surface area contributed by atoms with Gasteiger partial charge < -0.3 is 9.84 Å². The number of amides is 1. The van der Waals surface area contributed by atoms with Crippen LogP contribution in [-0.4, -0.2) is 11.1 Å². The molecule has 1 N–H and O–H groups in total. The van der Waals surface area contributed by atoms with Crippen molar-refractivity contribution in [3.05, 3.63) is 51.6 Å². The molecule has 2 rings (SSSR count). The Morgan fingerprint density at radius 2 is 2.20 bits per heavy atom. The molecule has 0 saturated heterocycles. The molecule has 2 aromatic rings. The third-order valence-corrected chi connectivity index (χ3v) is 3.36. The number of benzene rings is 1. The molecule has 1 amide bonds. The summed E-state index contributed by atoms with van der Waals surface area (Å²) in [5.41, 5.74) is 2.16. The Bertz CT molecular complexity index is 621. The lowest BCUT2D eigenvalue weighted by Crippen LogP contribution is -2.25. The van der Waals surface area contributed by atoms with Crippen molar-refractivity contribution in [3.63, 3.8) is 0 Å². The first-order chi connectivity index (χ1) is 9.47. The summed E-state index contributed by atoms with van der Waals surface area (Å²) in [6, 6.07) is 4.08. The number of carbonyl (C=O) groups is 1. The normalized spacial score (nSPS) is 10.6. The minimum Gasteiger partial charge on any atom is -0.361 e. The number of nitrogens with one attached hydrogen (secondary N) is 1. The van der Waals surface area contributed by atoms with Gasteiger partial charge in [-0.25, -0.2) is 4.39 Å². The molecule has 1 heterocycles. The third-order valence-electron chi connectivity index (χ3n) is 3.01. The number of hydrogen-bond acceptors (Lipinski definition) is 3. The first kappa shape index (κ1) is 14.5. The van der Waals surface area contributed by atoms with Gasteiger partial charge in [0, 0.05) is 17.1 Å². The van der Waals surface area contributed by atoms with Gasteiger partial charge in [0.15, 0.2) is 0 Å². The second kappa shape index (κ2) is 6.05. The zero-order valence-electron chi connectivity index (χ0n) is 11.2. The lowest BCUT2D eigenvalue weighted by atomic mass is 10.1. The van der Waals surface area contributed by atoms with Crippen LogP contribution in [-0.2, 0) is 17.8 Å². The van der Waals surface area contributed by atoms with Gasteiger partial charge in [0.2, 0.25) is 5.91 Å². The maximum absolute atomic E-state index is 12.9. The maximum Gasteiger partial charge on any atom is 0.224 e. The van der Waals surface area contributed by atoms with Crippen LogP contribution in [0.15, 0.2) is 22.7 Å². The largest absolute Gasteiger partial charge is 0.361 e. The smallest absolute Gasteiger partial charge is 0.224 e. The van der Waals surface area contributed by atoms with Crippen molar-refractivity contribution in [2.45, 2.75) is 26.8 Å². The first-order valence-corrected chi connectivity index (χ1v) is 6.47. The lowest BCUT2D eigenvalue weighted by Gasteiger charge is -2.07. The summed E-state index contributed by atoms with van der Waals surface area (Å²) in [4.78, 5) is 11.9. The van der Waals surface area contributed by atoms with Gasteiger partial charge in [-0.05, 0) is 31.5 Å². The molecule has 0 saturated carbocycles. The second-order valence-corrected chi connectivity index (χ2v) is 4.90. The van der Waals surface area contributed by atoms with Crippen molar-refractivity contribution in [1.82, 2.24) is 10.5 Å². The Labute approximate surface area is 120 Å². The number of nitrogens with zero attached hydrogens (tertiary/aromatic N) is 1. The van der Waals surface area contributed by atoms with Crippen LogP contribution in [0, 0.1) is 19.7 Å². The third kappa shape index (κ3) is 3.36. The Balaban J connectivity index is 1.96. The molecule has 20 heavy (non-hydrogen) atoms. The molecule has 0 aliphatic rings. The van der Waals surface area contributed by atoms with E-state index in [4.69, 9.17) is 16.1 Å². The molecular weight excluding hydrogens is 283 g/mol. The molecule has 6 heteroatoms. The fourth-order valence-corrected chi connectivity index (χ4v) is 2.07. The Kier molecular flexibility index (Phi) is 4.39. The van der Waals surface area contributed by atoms with E-state index in [2.05, 4.69) is 10.5 Å². The van der Waals surface area contributed by atoms with Gasteiger partial charge >= 0.3 is 0 Å². The average molecular weight is 297 g/mol. The van der Waals surface area contributed by atoms with E-state index in [1.54, 1.807) is 19.9 Å². The van der Waals surface area contributed by atoms with E-state index in [1.165, 1.54) is 12.1 Å². The molecule has 0 fully saturated rings. The molecular formula is C14H14ClFN2O2. The van der Waals surface area contributed by atoms with Crippen LogP contribution in [0.1, 0.15) is 22.6 Å². The first-order valence-electron chi connectivity index (χ1n) is 6.09. The Morgan fingerprint density at radius 1 is 1.45 bits per heavy atom. The molecule has 0 bridgehead atoms. The van der Waals surface area contributed by atoms with Gasteiger partial charge in [0.1, 0.15) is 11.6 Å². The minimum absolute atomic E-state index is 0.167. The molecule has 0 atom stereocenters.